The van der Waals surface area contributed by atoms with Crippen LogP contribution in [-0.4, -0.2) is 22.6 Å². The van der Waals surface area contributed by atoms with Crippen LogP contribution in [0.25, 0.3) is 0 Å². The van der Waals surface area contributed by atoms with Crippen molar-refractivity contribution in [1.82, 2.24) is 0 Å². The first kappa shape index (κ1) is 8.42. The molecule has 0 aliphatic carbocycles. The minimum absolute atomic E-state index is 0.119. The second-order valence-electron chi connectivity index (χ2n) is 3.66. The number of carbonyl (C=O) groups is 1. The SMILES string of the molecule is CC(=O)OC1C[C@H]2CC[C@@H](C1)S2. The first-order valence-corrected chi connectivity index (χ1v) is 5.51. The lowest BCUT2D eigenvalue weighted by atomic mass is 10.1. The Morgan fingerprint density at radius 1 is 1.33 bits per heavy atom. The van der Waals surface area contributed by atoms with E-state index in [1.165, 1.54) is 19.8 Å². The van der Waals surface area contributed by atoms with E-state index in [4.69, 9.17) is 4.74 Å². The van der Waals surface area contributed by atoms with E-state index >= 15 is 0 Å². The van der Waals surface area contributed by atoms with E-state index in [1.54, 1.807) is 0 Å². The highest BCUT2D eigenvalue weighted by molar-refractivity contribution is 8.00. The van der Waals surface area contributed by atoms with Gasteiger partial charge in [-0.05, 0) is 25.7 Å². The Morgan fingerprint density at radius 3 is 2.42 bits per heavy atom. The lowest BCUT2D eigenvalue weighted by Crippen LogP contribution is -2.26. The summed E-state index contributed by atoms with van der Waals surface area (Å²) in [4.78, 5) is 10.7. The molecule has 2 fully saturated rings. The minimum atomic E-state index is -0.119. The number of hydrogen-bond donors (Lipinski definition) is 0. The largest absolute Gasteiger partial charge is 0.462 e. The molecule has 3 heteroatoms. The van der Waals surface area contributed by atoms with Crippen molar-refractivity contribution in [2.24, 2.45) is 0 Å². The lowest BCUT2D eigenvalue weighted by molar-refractivity contribution is -0.146. The van der Waals surface area contributed by atoms with Crippen LogP contribution in [0.15, 0.2) is 0 Å². The summed E-state index contributed by atoms with van der Waals surface area (Å²) in [7, 11) is 0. The molecule has 0 saturated carbocycles. The van der Waals surface area contributed by atoms with Gasteiger partial charge in [0.05, 0.1) is 0 Å². The van der Waals surface area contributed by atoms with E-state index in [1.807, 2.05) is 0 Å². The zero-order valence-electron chi connectivity index (χ0n) is 7.29. The maximum absolute atomic E-state index is 10.7. The van der Waals surface area contributed by atoms with Gasteiger partial charge in [0.2, 0.25) is 0 Å². The molecule has 2 aliphatic heterocycles. The molecule has 0 spiro atoms. The Morgan fingerprint density at radius 2 is 1.92 bits per heavy atom. The molecule has 2 aliphatic rings. The van der Waals surface area contributed by atoms with E-state index < -0.39 is 0 Å². The van der Waals surface area contributed by atoms with Crippen molar-refractivity contribution in [2.75, 3.05) is 0 Å². The number of carbonyl (C=O) groups excluding carboxylic acids is 1. The van der Waals surface area contributed by atoms with Crippen molar-refractivity contribution in [3.63, 3.8) is 0 Å². The van der Waals surface area contributed by atoms with Gasteiger partial charge in [-0.15, -0.1) is 0 Å². The first-order valence-electron chi connectivity index (χ1n) is 4.56. The van der Waals surface area contributed by atoms with E-state index in [0.717, 1.165) is 23.3 Å². The van der Waals surface area contributed by atoms with Crippen LogP contribution in [-0.2, 0) is 9.53 Å². The van der Waals surface area contributed by atoms with Gasteiger partial charge in [0, 0.05) is 17.4 Å². The number of thioether (sulfide) groups is 1. The molecule has 2 bridgehead atoms. The molecule has 0 N–H and O–H groups in total. The summed E-state index contributed by atoms with van der Waals surface area (Å²) >= 11 is 2.09. The third-order valence-corrected chi connectivity index (χ3v) is 4.21. The second-order valence-corrected chi connectivity index (χ2v) is 5.27. The number of esters is 1. The molecular weight excluding hydrogens is 172 g/mol. The zero-order chi connectivity index (χ0) is 8.55. The third-order valence-electron chi connectivity index (χ3n) is 2.58. The van der Waals surface area contributed by atoms with Crippen LogP contribution in [0.3, 0.4) is 0 Å². The lowest BCUT2D eigenvalue weighted by Gasteiger charge is -2.26. The van der Waals surface area contributed by atoms with Gasteiger partial charge in [-0.2, -0.15) is 11.8 Å². The Labute approximate surface area is 77.0 Å². The summed E-state index contributed by atoms with van der Waals surface area (Å²) in [6.07, 6.45) is 5.04. The van der Waals surface area contributed by atoms with E-state index in [0.29, 0.717) is 0 Å². The number of ether oxygens (including phenoxy) is 1. The molecular formula is C9H14O2S. The molecule has 12 heavy (non-hydrogen) atoms. The molecule has 0 aromatic heterocycles. The van der Waals surface area contributed by atoms with E-state index in [9.17, 15) is 4.79 Å². The predicted octanol–water partition coefficient (Wildman–Crippen LogP) is 1.98. The van der Waals surface area contributed by atoms with Crippen molar-refractivity contribution in [1.29, 1.82) is 0 Å². The Kier molecular flexibility index (Phi) is 2.31. The number of rotatable bonds is 1. The van der Waals surface area contributed by atoms with Gasteiger partial charge in [0.15, 0.2) is 0 Å². The van der Waals surface area contributed by atoms with Gasteiger partial charge < -0.3 is 4.74 Å². The second kappa shape index (κ2) is 3.29. The van der Waals surface area contributed by atoms with Crippen molar-refractivity contribution in [2.45, 2.75) is 49.2 Å². The Bertz CT molecular complexity index is 181. The summed E-state index contributed by atoms with van der Waals surface area (Å²) in [6, 6.07) is 0. The van der Waals surface area contributed by atoms with Crippen LogP contribution < -0.4 is 0 Å². The maximum atomic E-state index is 10.7. The summed E-state index contributed by atoms with van der Waals surface area (Å²) < 4.78 is 5.22. The van der Waals surface area contributed by atoms with Gasteiger partial charge in [-0.3, -0.25) is 4.79 Å². The maximum Gasteiger partial charge on any atom is 0.302 e. The first-order chi connectivity index (χ1) is 5.74. The smallest absolute Gasteiger partial charge is 0.302 e. The molecule has 0 amide bonds. The highest BCUT2D eigenvalue weighted by Crippen LogP contribution is 2.44. The van der Waals surface area contributed by atoms with Crippen molar-refractivity contribution in [3.05, 3.63) is 0 Å². The van der Waals surface area contributed by atoms with Gasteiger partial charge >= 0.3 is 5.97 Å². The summed E-state index contributed by atoms with van der Waals surface area (Å²) in [6.45, 7) is 1.50. The standard InChI is InChI=1S/C9H14O2S/c1-6(10)11-7-4-8-2-3-9(5-7)12-8/h7-9H,2-5H2,1H3/t7?,8-,9+. The normalized spacial score (nSPS) is 39.6. The summed E-state index contributed by atoms with van der Waals surface area (Å²) in [5.74, 6) is -0.119. The third kappa shape index (κ3) is 1.76. The highest BCUT2D eigenvalue weighted by atomic mass is 32.2. The zero-order valence-corrected chi connectivity index (χ0v) is 8.10. The molecule has 2 rings (SSSR count). The molecule has 2 saturated heterocycles. The van der Waals surface area contributed by atoms with Crippen molar-refractivity contribution in [3.8, 4) is 0 Å². The van der Waals surface area contributed by atoms with Gasteiger partial charge in [0.1, 0.15) is 6.10 Å². The van der Waals surface area contributed by atoms with Gasteiger partial charge in [-0.25, -0.2) is 0 Å². The van der Waals surface area contributed by atoms with Gasteiger partial charge in [-0.1, -0.05) is 0 Å². The Balaban J connectivity index is 1.89. The molecule has 2 heterocycles. The quantitative estimate of drug-likeness (QED) is 0.586. The number of hydrogen-bond acceptors (Lipinski definition) is 3. The summed E-state index contributed by atoms with van der Waals surface area (Å²) in [5, 5.41) is 1.54. The van der Waals surface area contributed by atoms with E-state index in [2.05, 4.69) is 11.8 Å². The van der Waals surface area contributed by atoms with Crippen LogP contribution in [0, 0.1) is 0 Å². The monoisotopic (exact) mass is 186 g/mol. The van der Waals surface area contributed by atoms with Crippen LogP contribution in [0.1, 0.15) is 32.6 Å². The molecule has 2 nitrogen and oxygen atoms in total. The van der Waals surface area contributed by atoms with Crippen LogP contribution in [0.4, 0.5) is 0 Å². The average molecular weight is 186 g/mol. The van der Waals surface area contributed by atoms with Crippen LogP contribution in [0.2, 0.25) is 0 Å². The molecule has 3 atom stereocenters. The summed E-state index contributed by atoms with van der Waals surface area (Å²) in [5.41, 5.74) is 0. The fourth-order valence-corrected chi connectivity index (χ4v) is 3.88. The minimum Gasteiger partial charge on any atom is -0.462 e. The highest BCUT2D eigenvalue weighted by Gasteiger charge is 2.35. The molecule has 0 aromatic rings. The Hall–Kier alpha value is -0.180. The fourth-order valence-electron chi connectivity index (χ4n) is 2.14. The molecule has 0 radical (unpaired) electrons. The van der Waals surface area contributed by atoms with Crippen LogP contribution >= 0.6 is 11.8 Å². The number of fused-ring (bicyclic) bond motifs is 2. The van der Waals surface area contributed by atoms with E-state index in [-0.39, 0.29) is 12.1 Å². The van der Waals surface area contributed by atoms with Crippen molar-refractivity contribution < 1.29 is 9.53 Å². The molecule has 1 unspecified atom stereocenters. The molecule has 68 valence electrons. The van der Waals surface area contributed by atoms with Crippen LogP contribution in [0.5, 0.6) is 0 Å². The molecule has 0 aromatic carbocycles. The fraction of sp³-hybridized carbons (Fsp3) is 0.889. The topological polar surface area (TPSA) is 26.3 Å². The average Bonchev–Trinajstić information content (AvgIpc) is 2.29. The van der Waals surface area contributed by atoms with Gasteiger partial charge in [0.25, 0.3) is 0 Å². The van der Waals surface area contributed by atoms with Crippen molar-refractivity contribution >= 4 is 17.7 Å². The predicted molar refractivity (Wildman–Crippen MR) is 49.2 cm³/mol.